The second kappa shape index (κ2) is 14.1. The highest BCUT2D eigenvalue weighted by molar-refractivity contribution is 5.95. The summed E-state index contributed by atoms with van der Waals surface area (Å²) in [7, 11) is 0. The normalized spacial score (nSPS) is 14.7. The predicted molar refractivity (Wildman–Crippen MR) is 147 cm³/mol. The molecule has 5 atom stereocenters. The maximum atomic E-state index is 13.4. The van der Waals surface area contributed by atoms with Gasteiger partial charge in [0, 0.05) is 29.9 Å². The minimum atomic E-state index is -1.57. The van der Waals surface area contributed by atoms with Crippen molar-refractivity contribution in [3.05, 3.63) is 71.9 Å². The first-order chi connectivity index (χ1) is 19.5. The number of hydrogen-bond acceptors (Lipinski definition) is 7. The van der Waals surface area contributed by atoms with Crippen molar-refractivity contribution in [2.45, 2.75) is 56.5 Å². The van der Waals surface area contributed by atoms with Crippen LogP contribution in [0.5, 0.6) is 0 Å². The van der Waals surface area contributed by atoms with E-state index in [2.05, 4.69) is 20.9 Å². The second-order valence-corrected chi connectivity index (χ2v) is 9.65. The van der Waals surface area contributed by atoms with Crippen molar-refractivity contribution in [3.8, 4) is 0 Å². The number of aromatic nitrogens is 1. The lowest BCUT2D eigenvalue weighted by molar-refractivity contribution is -0.142. The number of fused-ring (bicyclic) bond motifs is 1. The van der Waals surface area contributed by atoms with E-state index in [1.165, 1.54) is 6.92 Å². The Bertz CT molecular complexity index is 1390. The van der Waals surface area contributed by atoms with Crippen LogP contribution in [0.15, 0.2) is 60.8 Å². The van der Waals surface area contributed by atoms with E-state index in [-0.39, 0.29) is 12.8 Å². The summed E-state index contributed by atoms with van der Waals surface area (Å²) in [6.45, 7) is 1.22. The van der Waals surface area contributed by atoms with E-state index in [0.717, 1.165) is 10.9 Å². The summed E-state index contributed by atoms with van der Waals surface area (Å²) in [6.07, 6.45) is -0.542. The lowest BCUT2D eigenvalue weighted by Crippen LogP contribution is -2.60. The zero-order chi connectivity index (χ0) is 30.1. The molecule has 13 heteroatoms. The molecular weight excluding hydrogens is 534 g/mol. The average molecular weight is 568 g/mol. The molecule has 41 heavy (non-hydrogen) atoms. The van der Waals surface area contributed by atoms with Gasteiger partial charge >= 0.3 is 11.9 Å². The SMILES string of the molecule is CC(O)C(NC(=O)C(N)CC(=O)O)C(=O)NC(Cc1ccccc1)C(=O)NC(Cc1c[nH]c2ccccc12)C(=O)O. The predicted octanol–water partition coefficient (Wildman–Crippen LogP) is -0.325. The zero-order valence-corrected chi connectivity index (χ0v) is 22.2. The molecule has 0 aliphatic carbocycles. The van der Waals surface area contributed by atoms with Crippen LogP contribution in [0.2, 0.25) is 0 Å². The van der Waals surface area contributed by atoms with E-state index < -0.39 is 66.4 Å². The van der Waals surface area contributed by atoms with Crippen molar-refractivity contribution in [2.75, 3.05) is 0 Å². The smallest absolute Gasteiger partial charge is 0.326 e. The Kier molecular flexibility index (Phi) is 10.6. The summed E-state index contributed by atoms with van der Waals surface area (Å²) in [6, 6.07) is 10.3. The topological polar surface area (TPSA) is 224 Å². The number of amides is 3. The van der Waals surface area contributed by atoms with Crippen LogP contribution in [0.25, 0.3) is 10.9 Å². The quantitative estimate of drug-likeness (QED) is 0.128. The van der Waals surface area contributed by atoms with Crippen molar-refractivity contribution in [1.82, 2.24) is 20.9 Å². The number of carbonyl (C=O) groups excluding carboxylic acids is 3. The molecule has 0 fully saturated rings. The Morgan fingerprint density at radius 3 is 2.10 bits per heavy atom. The third-order valence-corrected chi connectivity index (χ3v) is 6.42. The molecule has 1 heterocycles. The monoisotopic (exact) mass is 567 g/mol. The molecule has 0 aliphatic heterocycles. The van der Waals surface area contributed by atoms with Crippen LogP contribution in [-0.4, -0.2) is 80.2 Å². The van der Waals surface area contributed by atoms with E-state index >= 15 is 0 Å². The largest absolute Gasteiger partial charge is 0.481 e. The third kappa shape index (κ3) is 8.62. The fourth-order valence-corrected chi connectivity index (χ4v) is 4.26. The molecule has 3 aromatic rings. The van der Waals surface area contributed by atoms with Gasteiger partial charge in [0.15, 0.2) is 0 Å². The number of hydrogen-bond donors (Lipinski definition) is 8. The molecule has 218 valence electrons. The van der Waals surface area contributed by atoms with Gasteiger partial charge in [-0.1, -0.05) is 48.5 Å². The van der Waals surface area contributed by atoms with Crippen LogP contribution in [0, 0.1) is 0 Å². The number of carboxylic acids is 2. The Hall–Kier alpha value is -4.75. The van der Waals surface area contributed by atoms with E-state index in [4.69, 9.17) is 10.8 Å². The molecule has 5 unspecified atom stereocenters. The molecule has 0 spiro atoms. The van der Waals surface area contributed by atoms with Gasteiger partial charge in [-0.2, -0.15) is 0 Å². The van der Waals surface area contributed by atoms with E-state index in [1.54, 1.807) is 36.5 Å². The molecule has 0 aliphatic rings. The van der Waals surface area contributed by atoms with E-state index in [1.807, 2.05) is 24.3 Å². The summed E-state index contributed by atoms with van der Waals surface area (Å²) < 4.78 is 0. The molecule has 0 saturated heterocycles. The minimum Gasteiger partial charge on any atom is -0.481 e. The van der Waals surface area contributed by atoms with Crippen LogP contribution >= 0.6 is 0 Å². The summed E-state index contributed by atoms with van der Waals surface area (Å²) in [5.41, 5.74) is 7.69. The van der Waals surface area contributed by atoms with Gasteiger partial charge in [0.25, 0.3) is 0 Å². The van der Waals surface area contributed by atoms with Crippen molar-refractivity contribution >= 4 is 40.6 Å². The van der Waals surface area contributed by atoms with Gasteiger partial charge in [-0.15, -0.1) is 0 Å². The van der Waals surface area contributed by atoms with Crippen LogP contribution in [-0.2, 0) is 36.8 Å². The number of nitrogens with one attached hydrogen (secondary N) is 4. The van der Waals surface area contributed by atoms with Crippen LogP contribution in [0.3, 0.4) is 0 Å². The highest BCUT2D eigenvalue weighted by Crippen LogP contribution is 2.19. The van der Waals surface area contributed by atoms with Gasteiger partial charge in [-0.25, -0.2) is 4.79 Å². The molecular formula is C28H33N5O8. The fraction of sp³-hybridized carbons (Fsp3) is 0.321. The summed E-state index contributed by atoms with van der Waals surface area (Å²) >= 11 is 0. The van der Waals surface area contributed by atoms with Crippen molar-refractivity contribution in [3.63, 3.8) is 0 Å². The Balaban J connectivity index is 1.80. The number of rotatable bonds is 14. The summed E-state index contributed by atoms with van der Waals surface area (Å²) in [5, 5.41) is 36.9. The van der Waals surface area contributed by atoms with E-state index in [0.29, 0.717) is 11.1 Å². The van der Waals surface area contributed by atoms with Crippen molar-refractivity contribution < 1.29 is 39.3 Å². The highest BCUT2D eigenvalue weighted by atomic mass is 16.4. The third-order valence-electron chi connectivity index (χ3n) is 6.42. The standard InChI is InChI=1S/C28H33N5O8/c1-15(34)24(33-25(37)19(29)13-23(35)36)27(39)31-21(11-16-7-3-2-4-8-16)26(38)32-22(28(40)41)12-17-14-30-20-10-6-5-9-18(17)20/h2-10,14-15,19,21-22,24,30,34H,11-13,29H2,1H3,(H,31,39)(H,32,38)(H,33,37)(H,35,36)(H,40,41). The Morgan fingerprint density at radius 2 is 1.46 bits per heavy atom. The molecule has 0 bridgehead atoms. The van der Waals surface area contributed by atoms with E-state index in [9.17, 15) is 34.2 Å². The summed E-state index contributed by atoms with van der Waals surface area (Å²) in [5.74, 6) is -5.34. The van der Waals surface area contributed by atoms with Gasteiger partial charge < -0.3 is 42.0 Å². The van der Waals surface area contributed by atoms with Crippen molar-refractivity contribution in [1.29, 1.82) is 0 Å². The van der Waals surface area contributed by atoms with Gasteiger partial charge in [-0.05, 0) is 24.1 Å². The molecule has 0 radical (unpaired) electrons. The number of aliphatic carboxylic acids is 2. The Morgan fingerprint density at radius 1 is 0.829 bits per heavy atom. The minimum absolute atomic E-state index is 0.0309. The first-order valence-corrected chi connectivity index (χ1v) is 12.8. The molecule has 9 N–H and O–H groups in total. The maximum Gasteiger partial charge on any atom is 0.326 e. The zero-order valence-electron chi connectivity index (χ0n) is 22.2. The molecule has 3 amide bonds. The van der Waals surface area contributed by atoms with Gasteiger partial charge in [0.05, 0.1) is 18.6 Å². The fourth-order valence-electron chi connectivity index (χ4n) is 4.26. The highest BCUT2D eigenvalue weighted by Gasteiger charge is 2.33. The number of aliphatic hydroxyl groups is 1. The number of benzene rings is 2. The Labute approximate surface area is 235 Å². The lowest BCUT2D eigenvalue weighted by Gasteiger charge is -2.26. The summed E-state index contributed by atoms with van der Waals surface area (Å²) in [4.78, 5) is 64.9. The van der Waals surface area contributed by atoms with Gasteiger partial charge in [0.1, 0.15) is 18.1 Å². The lowest BCUT2D eigenvalue weighted by atomic mass is 10.0. The maximum absolute atomic E-state index is 13.4. The van der Waals surface area contributed by atoms with Crippen LogP contribution < -0.4 is 21.7 Å². The molecule has 13 nitrogen and oxygen atoms in total. The number of aliphatic hydroxyl groups excluding tert-OH is 1. The van der Waals surface area contributed by atoms with Crippen LogP contribution in [0.4, 0.5) is 0 Å². The van der Waals surface area contributed by atoms with Gasteiger partial charge in [0.2, 0.25) is 17.7 Å². The molecule has 2 aromatic carbocycles. The first-order valence-electron chi connectivity index (χ1n) is 12.8. The number of nitrogens with two attached hydrogens (primary N) is 1. The number of carbonyl (C=O) groups is 5. The molecule has 1 aromatic heterocycles. The number of H-pyrrole nitrogens is 1. The second-order valence-electron chi connectivity index (χ2n) is 9.65. The molecule has 3 rings (SSSR count). The number of carboxylic acid groups (broad SMARTS) is 2. The number of aromatic amines is 1. The van der Waals surface area contributed by atoms with Crippen molar-refractivity contribution in [2.24, 2.45) is 5.73 Å². The number of para-hydroxylation sites is 1. The molecule has 0 saturated carbocycles. The average Bonchev–Trinajstić information content (AvgIpc) is 3.33. The first kappa shape index (κ1) is 30.8. The van der Waals surface area contributed by atoms with Gasteiger partial charge in [-0.3, -0.25) is 19.2 Å². The van der Waals surface area contributed by atoms with Crippen LogP contribution in [0.1, 0.15) is 24.5 Å².